The molecular weight excluding hydrogens is 231 g/mol. The highest BCUT2D eigenvalue weighted by atomic mass is 19.1. The second kappa shape index (κ2) is 5.29. The fraction of sp³-hybridized carbons (Fsp3) is 0.308. The molecule has 1 atom stereocenters. The van der Waals surface area contributed by atoms with Gasteiger partial charge in [0.1, 0.15) is 5.82 Å². The van der Waals surface area contributed by atoms with E-state index in [2.05, 4.69) is 10.4 Å². The highest BCUT2D eigenvalue weighted by Crippen LogP contribution is 2.19. The molecule has 4 nitrogen and oxygen atoms in total. The second-order valence-corrected chi connectivity index (χ2v) is 4.42. The van der Waals surface area contributed by atoms with Gasteiger partial charge in [-0.1, -0.05) is 6.07 Å². The zero-order valence-electron chi connectivity index (χ0n) is 10.5. The molecule has 96 valence electrons. The summed E-state index contributed by atoms with van der Waals surface area (Å²) in [6, 6.07) is 4.76. The Morgan fingerprint density at radius 1 is 1.50 bits per heavy atom. The molecule has 1 unspecified atom stereocenters. The van der Waals surface area contributed by atoms with Crippen LogP contribution >= 0.6 is 0 Å². The Labute approximate surface area is 106 Å². The molecule has 0 fully saturated rings. The Morgan fingerprint density at radius 3 is 2.83 bits per heavy atom. The summed E-state index contributed by atoms with van der Waals surface area (Å²) in [7, 11) is 1.92. The fourth-order valence-electron chi connectivity index (χ4n) is 2.06. The highest BCUT2D eigenvalue weighted by Gasteiger charge is 2.15. The fourth-order valence-corrected chi connectivity index (χ4v) is 2.06. The smallest absolute Gasteiger partial charge is 0.123 e. The zero-order valence-corrected chi connectivity index (χ0v) is 10.5. The molecule has 1 aromatic heterocycles. The summed E-state index contributed by atoms with van der Waals surface area (Å²) in [5, 5.41) is 0. The molecule has 1 heterocycles. The van der Waals surface area contributed by atoms with Gasteiger partial charge >= 0.3 is 0 Å². The summed E-state index contributed by atoms with van der Waals surface area (Å²) in [4.78, 5) is 4.08. The van der Waals surface area contributed by atoms with E-state index in [1.165, 1.54) is 12.1 Å². The monoisotopic (exact) mass is 248 g/mol. The molecule has 2 aromatic rings. The lowest BCUT2D eigenvalue weighted by atomic mass is 9.99. The Balaban J connectivity index is 2.23. The molecular formula is C13H17FN4. The van der Waals surface area contributed by atoms with Gasteiger partial charge in [-0.25, -0.2) is 9.37 Å². The molecule has 0 amide bonds. The number of hydrogen-bond donors (Lipinski definition) is 2. The van der Waals surface area contributed by atoms with Gasteiger partial charge in [-0.05, 0) is 36.6 Å². The van der Waals surface area contributed by atoms with Crippen molar-refractivity contribution in [3.63, 3.8) is 0 Å². The normalized spacial score (nSPS) is 12.7. The van der Waals surface area contributed by atoms with Gasteiger partial charge in [-0.15, -0.1) is 0 Å². The lowest BCUT2D eigenvalue weighted by Gasteiger charge is -2.17. The van der Waals surface area contributed by atoms with E-state index in [9.17, 15) is 4.39 Å². The first-order chi connectivity index (χ1) is 8.61. The van der Waals surface area contributed by atoms with E-state index in [0.717, 1.165) is 16.8 Å². The van der Waals surface area contributed by atoms with Crippen LogP contribution in [0.5, 0.6) is 0 Å². The van der Waals surface area contributed by atoms with Crippen molar-refractivity contribution in [3.8, 4) is 0 Å². The predicted octanol–water partition coefficient (Wildman–Crippen LogP) is 1.61. The first-order valence-electron chi connectivity index (χ1n) is 5.79. The van der Waals surface area contributed by atoms with Crippen molar-refractivity contribution < 1.29 is 4.39 Å². The van der Waals surface area contributed by atoms with Gasteiger partial charge in [0, 0.05) is 13.2 Å². The Morgan fingerprint density at radius 2 is 2.28 bits per heavy atom. The van der Waals surface area contributed by atoms with Crippen molar-refractivity contribution in [1.29, 1.82) is 0 Å². The van der Waals surface area contributed by atoms with Crippen molar-refractivity contribution >= 4 is 0 Å². The van der Waals surface area contributed by atoms with Gasteiger partial charge in [0.05, 0.1) is 18.1 Å². The number of nitrogens with two attached hydrogens (primary N) is 1. The average molecular weight is 248 g/mol. The van der Waals surface area contributed by atoms with Crippen molar-refractivity contribution in [2.75, 3.05) is 0 Å². The SMILES string of the molecule is Cc1cc(F)ccc1CC(NN)c1cncn1C. The largest absolute Gasteiger partial charge is 0.336 e. The number of aryl methyl sites for hydroxylation is 2. The Bertz CT molecular complexity index is 536. The molecule has 0 aliphatic heterocycles. The van der Waals surface area contributed by atoms with Crippen LogP contribution in [-0.4, -0.2) is 9.55 Å². The van der Waals surface area contributed by atoms with Crippen molar-refractivity contribution in [2.45, 2.75) is 19.4 Å². The molecule has 18 heavy (non-hydrogen) atoms. The van der Waals surface area contributed by atoms with Gasteiger partial charge in [-0.2, -0.15) is 0 Å². The standard InChI is InChI=1S/C13H17FN4/c1-9-5-11(14)4-3-10(9)6-12(17-15)13-7-16-8-18(13)2/h3-5,7-8,12,17H,6,15H2,1-2H3. The predicted molar refractivity (Wildman–Crippen MR) is 68.1 cm³/mol. The second-order valence-electron chi connectivity index (χ2n) is 4.42. The molecule has 0 bridgehead atoms. The van der Waals surface area contributed by atoms with Gasteiger partial charge in [0.25, 0.3) is 0 Å². The third-order valence-corrected chi connectivity index (χ3v) is 3.14. The molecule has 2 rings (SSSR count). The molecule has 5 heteroatoms. The van der Waals surface area contributed by atoms with Crippen LogP contribution in [-0.2, 0) is 13.5 Å². The summed E-state index contributed by atoms with van der Waals surface area (Å²) >= 11 is 0. The maximum absolute atomic E-state index is 13.0. The van der Waals surface area contributed by atoms with Gasteiger partial charge in [0.2, 0.25) is 0 Å². The van der Waals surface area contributed by atoms with E-state index in [1.807, 2.05) is 18.5 Å². The van der Waals surface area contributed by atoms with Crippen LogP contribution in [0.1, 0.15) is 22.9 Å². The number of halogens is 1. The molecule has 0 spiro atoms. The van der Waals surface area contributed by atoms with Crippen molar-refractivity contribution in [1.82, 2.24) is 15.0 Å². The summed E-state index contributed by atoms with van der Waals surface area (Å²) in [5.74, 6) is 5.38. The summed E-state index contributed by atoms with van der Waals surface area (Å²) in [6.45, 7) is 1.90. The number of imidazole rings is 1. The van der Waals surface area contributed by atoms with Gasteiger partial charge in [-0.3, -0.25) is 11.3 Å². The van der Waals surface area contributed by atoms with E-state index in [-0.39, 0.29) is 11.9 Å². The molecule has 0 aliphatic carbocycles. The van der Waals surface area contributed by atoms with Crippen LogP contribution in [0.25, 0.3) is 0 Å². The average Bonchev–Trinajstić information content (AvgIpc) is 2.75. The Kier molecular flexibility index (Phi) is 3.74. The minimum absolute atomic E-state index is 0.0401. The first-order valence-corrected chi connectivity index (χ1v) is 5.79. The molecule has 0 radical (unpaired) electrons. The number of nitrogens with zero attached hydrogens (tertiary/aromatic N) is 2. The quantitative estimate of drug-likeness (QED) is 0.638. The van der Waals surface area contributed by atoms with E-state index in [1.54, 1.807) is 18.6 Å². The third-order valence-electron chi connectivity index (χ3n) is 3.14. The van der Waals surface area contributed by atoms with E-state index in [4.69, 9.17) is 5.84 Å². The Hall–Kier alpha value is -1.72. The minimum atomic E-state index is -0.214. The molecule has 3 N–H and O–H groups in total. The van der Waals surface area contributed by atoms with E-state index >= 15 is 0 Å². The molecule has 1 aromatic carbocycles. The van der Waals surface area contributed by atoms with Crippen molar-refractivity contribution in [3.05, 3.63) is 53.4 Å². The zero-order chi connectivity index (χ0) is 13.1. The number of hydrogen-bond acceptors (Lipinski definition) is 3. The lowest BCUT2D eigenvalue weighted by Crippen LogP contribution is -2.31. The van der Waals surface area contributed by atoms with Crippen LogP contribution in [0.4, 0.5) is 4.39 Å². The summed E-state index contributed by atoms with van der Waals surface area (Å²) < 4.78 is 15.0. The number of aromatic nitrogens is 2. The summed E-state index contributed by atoms with van der Waals surface area (Å²) in [5.41, 5.74) is 5.78. The van der Waals surface area contributed by atoms with E-state index in [0.29, 0.717) is 6.42 Å². The maximum atomic E-state index is 13.0. The molecule has 0 saturated carbocycles. The van der Waals surface area contributed by atoms with Gasteiger partial charge < -0.3 is 4.57 Å². The maximum Gasteiger partial charge on any atom is 0.123 e. The van der Waals surface area contributed by atoms with Crippen molar-refractivity contribution in [2.24, 2.45) is 12.9 Å². The summed E-state index contributed by atoms with van der Waals surface area (Å²) in [6.07, 6.45) is 4.21. The number of hydrazine groups is 1. The van der Waals surface area contributed by atoms with Gasteiger partial charge in [0.15, 0.2) is 0 Å². The highest BCUT2D eigenvalue weighted by molar-refractivity contribution is 5.28. The van der Waals surface area contributed by atoms with E-state index < -0.39 is 0 Å². The van der Waals surface area contributed by atoms with Crippen LogP contribution < -0.4 is 11.3 Å². The molecule has 0 aliphatic rings. The van der Waals surface area contributed by atoms with Crippen LogP contribution in [0.3, 0.4) is 0 Å². The lowest BCUT2D eigenvalue weighted by molar-refractivity contribution is 0.520. The number of rotatable bonds is 4. The number of benzene rings is 1. The first kappa shape index (κ1) is 12.7. The van der Waals surface area contributed by atoms with Crippen LogP contribution in [0, 0.1) is 12.7 Å². The third kappa shape index (κ3) is 2.57. The van der Waals surface area contributed by atoms with Crippen LogP contribution in [0.15, 0.2) is 30.7 Å². The molecule has 0 saturated heterocycles. The number of nitrogens with one attached hydrogen (secondary N) is 1. The topological polar surface area (TPSA) is 55.9 Å². The minimum Gasteiger partial charge on any atom is -0.336 e. The van der Waals surface area contributed by atoms with Crippen LogP contribution in [0.2, 0.25) is 0 Å².